The van der Waals surface area contributed by atoms with Crippen LogP contribution in [0.4, 0.5) is 0 Å². The molecule has 3 heteroatoms. The smallest absolute Gasteiger partial charge is 0.120 e. The molecule has 2 unspecified atom stereocenters. The Morgan fingerprint density at radius 3 is 2.70 bits per heavy atom. The van der Waals surface area contributed by atoms with Crippen LogP contribution < -0.4 is 5.32 Å². The lowest BCUT2D eigenvalue weighted by molar-refractivity contribution is 0.163. The van der Waals surface area contributed by atoms with Gasteiger partial charge in [-0.15, -0.1) is 0 Å². The van der Waals surface area contributed by atoms with Crippen LogP contribution in [0.5, 0.6) is 5.75 Å². The fourth-order valence-electron chi connectivity index (χ4n) is 3.51. The van der Waals surface area contributed by atoms with E-state index in [-0.39, 0.29) is 0 Å². The zero-order chi connectivity index (χ0) is 13.9. The minimum atomic E-state index is 0.353. The van der Waals surface area contributed by atoms with Gasteiger partial charge >= 0.3 is 0 Å². The normalized spacial score (nSPS) is 24.2. The number of hydrogen-bond acceptors (Lipinski definition) is 3. The summed E-state index contributed by atoms with van der Waals surface area (Å²) in [5, 5.41) is 13.8. The van der Waals surface area contributed by atoms with Crippen molar-refractivity contribution in [2.45, 2.75) is 57.2 Å². The van der Waals surface area contributed by atoms with Crippen molar-refractivity contribution in [1.29, 1.82) is 0 Å². The van der Waals surface area contributed by atoms with Crippen molar-refractivity contribution >= 4 is 0 Å². The predicted molar refractivity (Wildman–Crippen MR) is 81.9 cm³/mol. The predicted octanol–water partition coefficient (Wildman–Crippen LogP) is 3.06. The Morgan fingerprint density at radius 2 is 2.10 bits per heavy atom. The molecule has 0 amide bonds. The van der Waals surface area contributed by atoms with Crippen molar-refractivity contribution in [2.75, 3.05) is 13.1 Å². The van der Waals surface area contributed by atoms with E-state index in [9.17, 15) is 5.11 Å². The molecule has 2 atom stereocenters. The maximum atomic E-state index is 10.2. The van der Waals surface area contributed by atoms with Crippen molar-refractivity contribution in [3.63, 3.8) is 0 Å². The van der Waals surface area contributed by atoms with Gasteiger partial charge in [0, 0.05) is 30.2 Å². The van der Waals surface area contributed by atoms with Crippen LogP contribution >= 0.6 is 0 Å². The second-order valence-corrected chi connectivity index (χ2v) is 6.20. The Morgan fingerprint density at radius 1 is 1.30 bits per heavy atom. The fourth-order valence-corrected chi connectivity index (χ4v) is 3.51. The van der Waals surface area contributed by atoms with Crippen molar-refractivity contribution in [3.05, 3.63) is 29.8 Å². The molecule has 0 aromatic heterocycles. The number of nitrogens with one attached hydrogen (secondary N) is 1. The summed E-state index contributed by atoms with van der Waals surface area (Å²) in [5.41, 5.74) is 1.10. The lowest BCUT2D eigenvalue weighted by atomic mass is 10.0. The number of nitrogens with zero attached hydrogens (tertiary/aromatic N) is 1. The van der Waals surface area contributed by atoms with E-state index in [0.29, 0.717) is 17.8 Å². The van der Waals surface area contributed by atoms with Crippen LogP contribution in [0.2, 0.25) is 0 Å². The van der Waals surface area contributed by atoms with E-state index >= 15 is 0 Å². The number of phenolic OH excluding ortho intramolecular Hbond substituents is 1. The quantitative estimate of drug-likeness (QED) is 0.837. The van der Waals surface area contributed by atoms with Crippen molar-refractivity contribution < 1.29 is 5.11 Å². The zero-order valence-electron chi connectivity index (χ0n) is 12.4. The lowest BCUT2D eigenvalue weighted by Crippen LogP contribution is -2.40. The van der Waals surface area contributed by atoms with Crippen LogP contribution in [0.25, 0.3) is 0 Å². The van der Waals surface area contributed by atoms with Gasteiger partial charge in [0.1, 0.15) is 5.75 Å². The first-order chi connectivity index (χ1) is 9.79. The van der Waals surface area contributed by atoms with Crippen molar-refractivity contribution in [3.8, 4) is 5.75 Å². The number of hydrogen-bond donors (Lipinski definition) is 2. The van der Waals surface area contributed by atoms with Gasteiger partial charge in [0.15, 0.2) is 0 Å². The molecule has 1 aliphatic heterocycles. The van der Waals surface area contributed by atoms with E-state index in [4.69, 9.17) is 0 Å². The molecule has 110 valence electrons. The molecule has 1 saturated carbocycles. The Labute approximate surface area is 122 Å². The Bertz CT molecular complexity index is 438. The molecule has 1 saturated heterocycles. The van der Waals surface area contributed by atoms with Crippen molar-refractivity contribution in [1.82, 2.24) is 10.2 Å². The summed E-state index contributed by atoms with van der Waals surface area (Å²) in [6, 6.07) is 9.56. The van der Waals surface area contributed by atoms with E-state index in [1.165, 1.54) is 25.7 Å². The average molecular weight is 274 g/mol. The molecule has 20 heavy (non-hydrogen) atoms. The molecule has 2 fully saturated rings. The van der Waals surface area contributed by atoms with Gasteiger partial charge in [-0.25, -0.2) is 0 Å². The van der Waals surface area contributed by atoms with Crippen LogP contribution in [0.3, 0.4) is 0 Å². The number of para-hydroxylation sites is 1. The molecule has 0 bridgehead atoms. The van der Waals surface area contributed by atoms with Gasteiger partial charge in [-0.3, -0.25) is 4.90 Å². The van der Waals surface area contributed by atoms with Crippen LogP contribution in [-0.2, 0) is 0 Å². The summed E-state index contributed by atoms with van der Waals surface area (Å²) < 4.78 is 0. The van der Waals surface area contributed by atoms with Crippen LogP contribution in [0.1, 0.15) is 50.6 Å². The first kappa shape index (κ1) is 13.9. The van der Waals surface area contributed by atoms with Gasteiger partial charge < -0.3 is 10.4 Å². The first-order valence-electron chi connectivity index (χ1n) is 8.06. The topological polar surface area (TPSA) is 35.5 Å². The highest BCUT2D eigenvalue weighted by molar-refractivity contribution is 5.34. The van der Waals surface area contributed by atoms with Gasteiger partial charge in [-0.05, 0) is 44.7 Å². The van der Waals surface area contributed by atoms with E-state index < -0.39 is 0 Å². The van der Waals surface area contributed by atoms with Crippen LogP contribution in [0.15, 0.2) is 24.3 Å². The van der Waals surface area contributed by atoms with Crippen LogP contribution in [0, 0.1) is 0 Å². The number of phenols is 1. The zero-order valence-corrected chi connectivity index (χ0v) is 12.4. The third kappa shape index (κ3) is 2.99. The molecule has 2 aliphatic rings. The third-order valence-corrected chi connectivity index (χ3v) is 4.69. The van der Waals surface area contributed by atoms with Gasteiger partial charge in [-0.2, -0.15) is 0 Å². The summed E-state index contributed by atoms with van der Waals surface area (Å²) in [6.07, 6.45) is 6.28. The van der Waals surface area contributed by atoms with Gasteiger partial charge in [0.25, 0.3) is 0 Å². The molecule has 0 radical (unpaired) electrons. The SMILES string of the molecule is CCC(c1ccccc1O)N(CC1CCCN1)C1CC1. The molecule has 1 heterocycles. The Hall–Kier alpha value is -1.06. The fraction of sp³-hybridized carbons (Fsp3) is 0.647. The molecule has 1 aromatic carbocycles. The monoisotopic (exact) mass is 274 g/mol. The van der Waals surface area contributed by atoms with E-state index in [1.54, 1.807) is 0 Å². The van der Waals surface area contributed by atoms with Crippen molar-refractivity contribution in [2.24, 2.45) is 0 Å². The molecular formula is C17H26N2O. The average Bonchev–Trinajstić information content (AvgIpc) is 3.18. The molecule has 3 nitrogen and oxygen atoms in total. The Balaban J connectivity index is 1.78. The summed E-state index contributed by atoms with van der Waals surface area (Å²) >= 11 is 0. The van der Waals surface area contributed by atoms with Crippen LogP contribution in [-0.4, -0.2) is 35.2 Å². The Kier molecular flexibility index (Phi) is 4.27. The highest BCUT2D eigenvalue weighted by Crippen LogP contribution is 2.39. The summed E-state index contributed by atoms with van der Waals surface area (Å²) in [5.74, 6) is 0.449. The highest BCUT2D eigenvalue weighted by atomic mass is 16.3. The minimum Gasteiger partial charge on any atom is -0.508 e. The summed E-state index contributed by atoms with van der Waals surface area (Å²) in [7, 11) is 0. The van der Waals surface area contributed by atoms with Gasteiger partial charge in [0.2, 0.25) is 0 Å². The number of benzene rings is 1. The van der Waals surface area contributed by atoms with E-state index in [0.717, 1.165) is 31.1 Å². The second-order valence-electron chi connectivity index (χ2n) is 6.20. The number of aromatic hydroxyl groups is 1. The molecule has 3 rings (SSSR count). The standard InChI is InChI=1S/C17H26N2O/c1-2-16(15-7-3-4-8-17(15)20)19(14-9-10-14)12-13-6-5-11-18-13/h3-4,7-8,13-14,16,18,20H,2,5-6,9-12H2,1H3. The third-order valence-electron chi connectivity index (χ3n) is 4.69. The second kappa shape index (κ2) is 6.15. The van der Waals surface area contributed by atoms with E-state index in [1.807, 2.05) is 18.2 Å². The summed E-state index contributed by atoms with van der Waals surface area (Å²) in [6.45, 7) is 4.52. The molecule has 2 N–H and O–H groups in total. The van der Waals surface area contributed by atoms with Gasteiger partial charge in [-0.1, -0.05) is 25.1 Å². The largest absolute Gasteiger partial charge is 0.508 e. The summed E-state index contributed by atoms with van der Waals surface area (Å²) in [4.78, 5) is 2.64. The van der Waals surface area contributed by atoms with Gasteiger partial charge in [0.05, 0.1) is 0 Å². The molecule has 1 aliphatic carbocycles. The molecular weight excluding hydrogens is 248 g/mol. The first-order valence-corrected chi connectivity index (χ1v) is 8.06. The lowest BCUT2D eigenvalue weighted by Gasteiger charge is -2.34. The molecule has 0 spiro atoms. The molecule has 1 aromatic rings. The number of rotatable bonds is 6. The highest BCUT2D eigenvalue weighted by Gasteiger charge is 2.36. The minimum absolute atomic E-state index is 0.353. The maximum absolute atomic E-state index is 10.2. The van der Waals surface area contributed by atoms with E-state index in [2.05, 4.69) is 23.2 Å². The maximum Gasteiger partial charge on any atom is 0.120 e.